The number of carbonyl (C=O) groups excluding carboxylic acids is 1. The van der Waals surface area contributed by atoms with E-state index in [9.17, 15) is 9.59 Å². The minimum atomic E-state index is -0.749. The van der Waals surface area contributed by atoms with Crippen LogP contribution in [0.2, 0.25) is 0 Å². The van der Waals surface area contributed by atoms with E-state index in [0.717, 1.165) is 12.8 Å². The molecule has 2 atom stereocenters. The molecule has 1 aliphatic heterocycles. The second-order valence-corrected chi connectivity index (χ2v) is 5.66. The van der Waals surface area contributed by atoms with E-state index in [1.807, 2.05) is 11.8 Å². The maximum Gasteiger partial charge on any atom is 0.308 e. The maximum absolute atomic E-state index is 11.8. The van der Waals surface area contributed by atoms with Crippen LogP contribution in [0.4, 0.5) is 0 Å². The summed E-state index contributed by atoms with van der Waals surface area (Å²) in [4.78, 5) is 24.8. The molecule has 0 aromatic rings. The van der Waals surface area contributed by atoms with Gasteiger partial charge in [-0.15, -0.1) is 0 Å². The quantitative estimate of drug-likeness (QED) is 0.774. The number of carbonyl (C=O) groups is 2. The zero-order valence-electron chi connectivity index (χ0n) is 10.9. The molecule has 5 nitrogen and oxygen atoms in total. The molecule has 0 radical (unpaired) electrons. The number of rotatable bonds is 4. The Morgan fingerprint density at radius 3 is 2.50 bits per heavy atom. The van der Waals surface area contributed by atoms with Crippen LogP contribution >= 0.6 is 0 Å². The van der Waals surface area contributed by atoms with Crippen LogP contribution in [-0.2, 0) is 9.59 Å². The van der Waals surface area contributed by atoms with Crippen LogP contribution in [0.1, 0.15) is 32.6 Å². The van der Waals surface area contributed by atoms with E-state index in [1.165, 1.54) is 12.8 Å². The summed E-state index contributed by atoms with van der Waals surface area (Å²) in [5.41, 5.74) is 0. The van der Waals surface area contributed by atoms with Crippen molar-refractivity contribution in [3.05, 3.63) is 0 Å². The lowest BCUT2D eigenvalue weighted by molar-refractivity contribution is -0.142. The van der Waals surface area contributed by atoms with E-state index in [0.29, 0.717) is 25.7 Å². The lowest BCUT2D eigenvalue weighted by Gasteiger charge is -2.17. The van der Waals surface area contributed by atoms with Gasteiger partial charge in [0, 0.05) is 19.1 Å². The first-order valence-corrected chi connectivity index (χ1v) is 6.81. The van der Waals surface area contributed by atoms with Crippen LogP contribution in [0.15, 0.2) is 0 Å². The predicted octanol–water partition coefficient (Wildman–Crippen LogP) is 0.698. The van der Waals surface area contributed by atoms with Crippen LogP contribution in [-0.4, -0.2) is 47.6 Å². The van der Waals surface area contributed by atoms with Crippen molar-refractivity contribution in [3.63, 3.8) is 0 Å². The van der Waals surface area contributed by atoms with Gasteiger partial charge in [0.1, 0.15) is 0 Å². The fraction of sp³-hybridized carbons (Fsp3) is 0.846. The highest BCUT2D eigenvalue weighted by Crippen LogP contribution is 2.23. The topological polar surface area (TPSA) is 69.6 Å². The van der Waals surface area contributed by atoms with Crippen molar-refractivity contribution in [1.29, 1.82) is 0 Å². The number of likely N-dealkylation sites (tertiary alicyclic amines) is 1. The van der Waals surface area contributed by atoms with E-state index >= 15 is 0 Å². The van der Waals surface area contributed by atoms with Gasteiger partial charge < -0.3 is 10.4 Å². The average Bonchev–Trinajstić information content (AvgIpc) is 2.88. The van der Waals surface area contributed by atoms with Crippen molar-refractivity contribution in [2.24, 2.45) is 11.8 Å². The Kier molecular flexibility index (Phi) is 4.22. The van der Waals surface area contributed by atoms with Crippen LogP contribution in [0, 0.1) is 11.8 Å². The SMILES string of the molecule is C[C@@H]1CN(CC(=O)NC2CCCC2)C[C@H]1C(=O)O. The van der Waals surface area contributed by atoms with Crippen molar-refractivity contribution in [2.75, 3.05) is 19.6 Å². The van der Waals surface area contributed by atoms with Crippen LogP contribution in [0.25, 0.3) is 0 Å². The summed E-state index contributed by atoms with van der Waals surface area (Å²) in [5, 5.41) is 12.1. The Balaban J connectivity index is 1.76. The molecule has 2 aliphatic rings. The first-order chi connectivity index (χ1) is 8.56. The summed E-state index contributed by atoms with van der Waals surface area (Å²) >= 11 is 0. The molecular formula is C13H22N2O3. The van der Waals surface area contributed by atoms with Crippen LogP contribution in [0.3, 0.4) is 0 Å². The van der Waals surface area contributed by atoms with Gasteiger partial charge in [0.2, 0.25) is 5.91 Å². The van der Waals surface area contributed by atoms with Gasteiger partial charge in [-0.2, -0.15) is 0 Å². The average molecular weight is 254 g/mol. The summed E-state index contributed by atoms with van der Waals surface area (Å²) in [6.45, 7) is 3.47. The molecule has 5 heteroatoms. The van der Waals surface area contributed by atoms with E-state index in [1.54, 1.807) is 0 Å². The summed E-state index contributed by atoms with van der Waals surface area (Å²) in [6.07, 6.45) is 4.57. The second kappa shape index (κ2) is 5.69. The molecule has 2 fully saturated rings. The Hall–Kier alpha value is -1.10. The van der Waals surface area contributed by atoms with Gasteiger partial charge in [0.25, 0.3) is 0 Å². The molecule has 2 rings (SSSR count). The van der Waals surface area contributed by atoms with Crippen molar-refractivity contribution < 1.29 is 14.7 Å². The van der Waals surface area contributed by atoms with Gasteiger partial charge in [-0.05, 0) is 18.8 Å². The fourth-order valence-electron chi connectivity index (χ4n) is 3.06. The maximum atomic E-state index is 11.8. The third-order valence-corrected chi connectivity index (χ3v) is 4.09. The number of amides is 1. The molecule has 1 amide bonds. The number of hydrogen-bond donors (Lipinski definition) is 2. The third kappa shape index (κ3) is 3.22. The number of nitrogens with one attached hydrogen (secondary N) is 1. The molecule has 0 aromatic carbocycles. The van der Waals surface area contributed by atoms with E-state index in [-0.39, 0.29) is 17.7 Å². The van der Waals surface area contributed by atoms with Crippen molar-refractivity contribution >= 4 is 11.9 Å². The Morgan fingerprint density at radius 2 is 1.94 bits per heavy atom. The van der Waals surface area contributed by atoms with Crippen molar-refractivity contribution in [2.45, 2.75) is 38.6 Å². The number of hydrogen-bond acceptors (Lipinski definition) is 3. The Labute approximate surface area is 108 Å². The molecule has 0 unspecified atom stereocenters. The first-order valence-electron chi connectivity index (χ1n) is 6.81. The smallest absolute Gasteiger partial charge is 0.308 e. The summed E-state index contributed by atoms with van der Waals surface area (Å²) in [5.74, 6) is -0.910. The van der Waals surface area contributed by atoms with Gasteiger partial charge >= 0.3 is 5.97 Å². The number of carboxylic acids is 1. The minimum absolute atomic E-state index is 0.0418. The van der Waals surface area contributed by atoms with Gasteiger partial charge in [-0.3, -0.25) is 14.5 Å². The van der Waals surface area contributed by atoms with Crippen molar-refractivity contribution in [3.8, 4) is 0 Å². The summed E-state index contributed by atoms with van der Waals surface area (Å²) < 4.78 is 0. The third-order valence-electron chi connectivity index (χ3n) is 4.09. The summed E-state index contributed by atoms with van der Waals surface area (Å²) in [7, 11) is 0. The predicted molar refractivity (Wildman–Crippen MR) is 67.1 cm³/mol. The zero-order valence-corrected chi connectivity index (χ0v) is 10.9. The first kappa shape index (κ1) is 13.3. The second-order valence-electron chi connectivity index (χ2n) is 5.66. The van der Waals surface area contributed by atoms with Gasteiger partial charge in [0.15, 0.2) is 0 Å². The zero-order chi connectivity index (χ0) is 13.1. The van der Waals surface area contributed by atoms with E-state index in [2.05, 4.69) is 5.32 Å². The molecular weight excluding hydrogens is 232 g/mol. The molecule has 1 aliphatic carbocycles. The standard InChI is InChI=1S/C13H22N2O3/c1-9-6-15(7-11(9)13(17)18)8-12(16)14-10-4-2-3-5-10/h9-11H,2-8H2,1H3,(H,14,16)(H,17,18)/t9-,11-/m1/s1. The molecule has 0 spiro atoms. The fourth-order valence-corrected chi connectivity index (χ4v) is 3.06. The number of nitrogens with zero attached hydrogens (tertiary/aromatic N) is 1. The minimum Gasteiger partial charge on any atom is -0.481 e. The molecule has 1 saturated carbocycles. The van der Waals surface area contributed by atoms with Crippen molar-refractivity contribution in [1.82, 2.24) is 10.2 Å². The molecule has 1 heterocycles. The lowest BCUT2D eigenvalue weighted by Crippen LogP contribution is -2.40. The molecule has 1 saturated heterocycles. The lowest BCUT2D eigenvalue weighted by atomic mass is 9.99. The molecule has 0 bridgehead atoms. The Morgan fingerprint density at radius 1 is 1.28 bits per heavy atom. The largest absolute Gasteiger partial charge is 0.481 e. The number of aliphatic carboxylic acids is 1. The van der Waals surface area contributed by atoms with Crippen LogP contribution < -0.4 is 5.32 Å². The van der Waals surface area contributed by atoms with Gasteiger partial charge in [-0.1, -0.05) is 19.8 Å². The van der Waals surface area contributed by atoms with E-state index in [4.69, 9.17) is 5.11 Å². The highest BCUT2D eigenvalue weighted by atomic mass is 16.4. The highest BCUT2D eigenvalue weighted by Gasteiger charge is 2.35. The highest BCUT2D eigenvalue weighted by molar-refractivity contribution is 5.78. The number of carboxylic acid groups (broad SMARTS) is 1. The molecule has 0 aromatic heterocycles. The van der Waals surface area contributed by atoms with Crippen LogP contribution in [0.5, 0.6) is 0 Å². The van der Waals surface area contributed by atoms with E-state index < -0.39 is 5.97 Å². The molecule has 2 N–H and O–H groups in total. The normalized spacial score (nSPS) is 29.6. The monoisotopic (exact) mass is 254 g/mol. The molecule has 18 heavy (non-hydrogen) atoms. The van der Waals surface area contributed by atoms with Gasteiger partial charge in [-0.25, -0.2) is 0 Å². The Bertz CT molecular complexity index is 326. The molecule has 102 valence electrons. The summed E-state index contributed by atoms with van der Waals surface area (Å²) in [6, 6.07) is 0.341. The van der Waals surface area contributed by atoms with Gasteiger partial charge in [0.05, 0.1) is 12.5 Å².